The summed E-state index contributed by atoms with van der Waals surface area (Å²) in [7, 11) is 0. The molecule has 2 aliphatic heterocycles. The Kier molecular flexibility index (Phi) is 9.99. The number of carbonyl (C=O) groups is 1. The number of nitrogens with zero attached hydrogens (tertiary/aromatic N) is 6. The average molecular weight is 668 g/mol. The minimum absolute atomic E-state index is 0.147. The lowest BCUT2D eigenvalue weighted by molar-refractivity contribution is 0.0850. The minimum atomic E-state index is -1.02. The fourth-order valence-electron chi connectivity index (χ4n) is 6.29. The van der Waals surface area contributed by atoms with E-state index in [0.29, 0.717) is 72.4 Å². The largest absolute Gasteiger partial charge is 0.477 e. The molecule has 46 heavy (non-hydrogen) atoms. The van der Waals surface area contributed by atoms with Gasteiger partial charge in [-0.15, -0.1) is 0 Å². The van der Waals surface area contributed by atoms with Crippen LogP contribution in [0.1, 0.15) is 70.5 Å². The summed E-state index contributed by atoms with van der Waals surface area (Å²) in [6.45, 7) is 16.0. The molecule has 2 aliphatic rings. The molecule has 0 saturated carbocycles. The second-order valence-electron chi connectivity index (χ2n) is 13.2. The number of urea groups is 1. The average Bonchev–Trinajstić information content (AvgIpc) is 3.28. The molecule has 11 heteroatoms. The van der Waals surface area contributed by atoms with Crippen LogP contribution in [-0.4, -0.2) is 87.6 Å². The smallest absolute Gasteiger partial charge is 0.326 e. The van der Waals surface area contributed by atoms with Gasteiger partial charge in [-0.25, -0.2) is 9.78 Å². The second kappa shape index (κ2) is 13.5. The molecular formula is C35H44Cl2N6O3. The van der Waals surface area contributed by atoms with Crippen molar-refractivity contribution in [1.82, 2.24) is 24.7 Å². The number of hydrogen-bond acceptors (Lipinski definition) is 7. The van der Waals surface area contributed by atoms with Crippen molar-refractivity contribution >= 4 is 35.1 Å². The Morgan fingerprint density at radius 3 is 2.09 bits per heavy atom. The van der Waals surface area contributed by atoms with Crippen molar-refractivity contribution in [2.45, 2.75) is 64.5 Å². The number of aliphatic hydroxyl groups is 1. The number of amidine groups is 1. The summed E-state index contributed by atoms with van der Waals surface area (Å²) in [5, 5.41) is 10.5. The predicted molar refractivity (Wildman–Crippen MR) is 183 cm³/mol. The van der Waals surface area contributed by atoms with Gasteiger partial charge in [0, 0.05) is 61.0 Å². The number of aliphatic imine (C=N–C) groups is 1. The number of benzene rings is 2. The molecule has 1 saturated heterocycles. The van der Waals surface area contributed by atoms with E-state index in [1.807, 2.05) is 65.3 Å². The lowest BCUT2D eigenvalue weighted by atomic mass is 9.71. The molecule has 5 rings (SSSR count). The van der Waals surface area contributed by atoms with E-state index in [9.17, 15) is 5.11 Å². The van der Waals surface area contributed by atoms with Crippen LogP contribution < -0.4 is 4.74 Å². The summed E-state index contributed by atoms with van der Waals surface area (Å²) in [6.07, 6.45) is 2.44. The molecule has 2 atom stereocenters. The lowest BCUT2D eigenvalue weighted by Gasteiger charge is -2.47. The molecule has 1 fully saturated rings. The zero-order valence-electron chi connectivity index (χ0n) is 27.6. The van der Waals surface area contributed by atoms with Gasteiger partial charge in [0.05, 0.1) is 12.2 Å². The van der Waals surface area contributed by atoms with Gasteiger partial charge in [-0.3, -0.25) is 14.8 Å². The van der Waals surface area contributed by atoms with Crippen molar-refractivity contribution in [3.8, 4) is 5.88 Å². The fourth-order valence-corrected chi connectivity index (χ4v) is 6.55. The molecule has 1 N–H and O–H groups in total. The Hall–Kier alpha value is -3.24. The van der Waals surface area contributed by atoms with Crippen LogP contribution in [0.2, 0.25) is 10.0 Å². The molecule has 0 bridgehead atoms. The van der Waals surface area contributed by atoms with E-state index in [4.69, 9.17) is 42.9 Å². The zero-order valence-corrected chi connectivity index (χ0v) is 29.1. The van der Waals surface area contributed by atoms with Crippen LogP contribution >= 0.6 is 23.2 Å². The van der Waals surface area contributed by atoms with Crippen LogP contribution in [0, 0.1) is 0 Å². The fraction of sp³-hybridized carbons (Fsp3) is 0.486. The van der Waals surface area contributed by atoms with Gasteiger partial charge in [0.1, 0.15) is 22.7 Å². The highest BCUT2D eigenvalue weighted by atomic mass is 35.5. The van der Waals surface area contributed by atoms with Gasteiger partial charge in [0.25, 0.3) is 0 Å². The van der Waals surface area contributed by atoms with Crippen molar-refractivity contribution in [2.75, 3.05) is 45.9 Å². The third kappa shape index (κ3) is 6.35. The third-order valence-electron chi connectivity index (χ3n) is 9.16. The number of rotatable bonds is 8. The lowest BCUT2D eigenvalue weighted by Crippen LogP contribution is -2.60. The van der Waals surface area contributed by atoms with E-state index in [1.54, 1.807) is 6.20 Å². The van der Waals surface area contributed by atoms with Crippen molar-refractivity contribution in [1.29, 1.82) is 0 Å². The molecule has 1 aromatic heterocycles. The maximum atomic E-state index is 15.0. The first kappa shape index (κ1) is 34.1. The predicted octanol–water partition coefficient (Wildman–Crippen LogP) is 6.49. The minimum Gasteiger partial charge on any atom is -0.477 e. The summed E-state index contributed by atoms with van der Waals surface area (Å²) in [5.74, 6) is 1.45. The summed E-state index contributed by atoms with van der Waals surface area (Å²) >= 11 is 12.7. The van der Waals surface area contributed by atoms with Gasteiger partial charge in [0.2, 0.25) is 5.88 Å². The quantitative estimate of drug-likeness (QED) is 0.295. The topological polar surface area (TPSA) is 94.4 Å². The van der Waals surface area contributed by atoms with Gasteiger partial charge >= 0.3 is 6.03 Å². The standard InChI is InChI=1S/C35H44Cl2N6O3/c1-7-46-30-28(23-38-31(39-30)33(2,3)4)29-40-34(5,24-9-13-26(36)14-10-24)35(6,25-11-15-27(37)16-12-25)43(29)32(45)42-20-18-41(19-21-42)17-8-22-44/h9-16,23,44H,7-8,17-22H2,1-6H3. The maximum absolute atomic E-state index is 15.0. The van der Waals surface area contributed by atoms with Crippen LogP contribution in [0.3, 0.4) is 0 Å². The van der Waals surface area contributed by atoms with Crippen LogP contribution in [0.4, 0.5) is 4.79 Å². The summed E-state index contributed by atoms with van der Waals surface area (Å²) in [5.41, 5.74) is 0.00351. The normalized spacial score (nSPS) is 22.2. The molecule has 3 heterocycles. The van der Waals surface area contributed by atoms with E-state index in [-0.39, 0.29) is 18.1 Å². The van der Waals surface area contributed by atoms with Crippen molar-refractivity contribution in [3.63, 3.8) is 0 Å². The van der Waals surface area contributed by atoms with Gasteiger partial charge in [-0.05, 0) is 62.6 Å². The highest BCUT2D eigenvalue weighted by Crippen LogP contribution is 2.54. The number of aromatic nitrogens is 2. The van der Waals surface area contributed by atoms with Crippen LogP contribution in [0.25, 0.3) is 0 Å². The van der Waals surface area contributed by atoms with Gasteiger partial charge < -0.3 is 14.7 Å². The highest BCUT2D eigenvalue weighted by molar-refractivity contribution is 6.30. The molecule has 9 nitrogen and oxygen atoms in total. The number of piperazine rings is 1. The Balaban J connectivity index is 1.72. The van der Waals surface area contributed by atoms with Gasteiger partial charge in [-0.2, -0.15) is 4.98 Å². The molecule has 2 aromatic carbocycles. The SMILES string of the molecule is CCOc1nc(C(C)(C)C)ncc1C1=NC(C)(c2ccc(Cl)cc2)C(C)(c2ccc(Cl)cc2)N1C(=O)N1CCN(CCCO)CC1. The monoisotopic (exact) mass is 666 g/mol. The van der Waals surface area contributed by atoms with Crippen LogP contribution in [-0.2, 0) is 16.5 Å². The van der Waals surface area contributed by atoms with Crippen molar-refractivity contribution in [3.05, 3.63) is 87.3 Å². The van der Waals surface area contributed by atoms with Crippen LogP contribution in [0.15, 0.2) is 59.7 Å². The highest BCUT2D eigenvalue weighted by Gasteiger charge is 2.60. The molecule has 246 valence electrons. The first-order valence-electron chi connectivity index (χ1n) is 15.9. The molecule has 2 amide bonds. The van der Waals surface area contributed by atoms with Crippen LogP contribution in [0.5, 0.6) is 5.88 Å². The molecular weight excluding hydrogens is 623 g/mol. The van der Waals surface area contributed by atoms with E-state index >= 15 is 4.79 Å². The number of aliphatic hydroxyl groups excluding tert-OH is 1. The summed E-state index contributed by atoms with van der Waals surface area (Å²) in [4.78, 5) is 36.1. The van der Waals surface area contributed by atoms with Crippen molar-refractivity contribution in [2.24, 2.45) is 4.99 Å². The number of amides is 2. The zero-order chi connectivity index (χ0) is 33.3. The van der Waals surface area contributed by atoms with Gasteiger partial charge in [0.15, 0.2) is 0 Å². The van der Waals surface area contributed by atoms with Gasteiger partial charge in [-0.1, -0.05) is 68.2 Å². The Morgan fingerprint density at radius 1 is 0.957 bits per heavy atom. The number of hydrogen-bond donors (Lipinski definition) is 1. The number of halogens is 2. The Labute approximate surface area is 282 Å². The number of ether oxygens (including phenoxy) is 1. The van der Waals surface area contributed by atoms with E-state index in [2.05, 4.69) is 39.5 Å². The first-order valence-corrected chi connectivity index (χ1v) is 16.6. The summed E-state index contributed by atoms with van der Waals surface area (Å²) < 4.78 is 6.14. The molecule has 0 spiro atoms. The molecule has 0 aliphatic carbocycles. The Bertz CT molecular complexity index is 1570. The van der Waals surface area contributed by atoms with Crippen molar-refractivity contribution < 1.29 is 14.6 Å². The third-order valence-corrected chi connectivity index (χ3v) is 9.67. The summed E-state index contributed by atoms with van der Waals surface area (Å²) in [6, 6.07) is 15.1. The maximum Gasteiger partial charge on any atom is 0.326 e. The van der Waals surface area contributed by atoms with E-state index < -0.39 is 11.1 Å². The first-order chi connectivity index (χ1) is 21.8. The molecule has 3 aromatic rings. The second-order valence-corrected chi connectivity index (χ2v) is 14.1. The Morgan fingerprint density at radius 2 is 1.54 bits per heavy atom. The molecule has 0 radical (unpaired) electrons. The number of carbonyl (C=O) groups excluding carboxylic acids is 1. The van der Waals surface area contributed by atoms with E-state index in [1.165, 1.54) is 0 Å². The van der Waals surface area contributed by atoms with E-state index in [0.717, 1.165) is 17.7 Å². The molecule has 2 unspecified atom stereocenters.